The highest BCUT2D eigenvalue weighted by molar-refractivity contribution is 4.99. The molecule has 1 rings (SSSR count). The largest absolute Gasteiger partial charge is 0.302 e. The third-order valence-electron chi connectivity index (χ3n) is 5.13. The van der Waals surface area contributed by atoms with Crippen LogP contribution in [0, 0.1) is 5.92 Å². The molecule has 0 bridgehead atoms. The first kappa shape index (κ1) is 16.9. The molecule has 0 saturated heterocycles. The van der Waals surface area contributed by atoms with Crippen LogP contribution < -0.4 is 11.3 Å². The van der Waals surface area contributed by atoms with Gasteiger partial charge < -0.3 is 4.90 Å². The van der Waals surface area contributed by atoms with Crippen LogP contribution in [0.3, 0.4) is 0 Å². The van der Waals surface area contributed by atoms with Crippen molar-refractivity contribution in [3.63, 3.8) is 0 Å². The number of nitrogens with two attached hydrogens (primary N) is 1. The zero-order chi connectivity index (χ0) is 14.3. The minimum Gasteiger partial charge on any atom is -0.302 e. The van der Waals surface area contributed by atoms with E-state index in [1.54, 1.807) is 0 Å². The van der Waals surface area contributed by atoms with E-state index in [0.717, 1.165) is 5.92 Å². The van der Waals surface area contributed by atoms with E-state index in [9.17, 15) is 0 Å². The first-order valence-corrected chi connectivity index (χ1v) is 8.20. The Kier molecular flexibility index (Phi) is 7.33. The van der Waals surface area contributed by atoms with Crippen LogP contribution in [0.1, 0.15) is 71.6 Å². The molecule has 0 heterocycles. The van der Waals surface area contributed by atoms with Crippen molar-refractivity contribution in [2.45, 2.75) is 83.2 Å². The predicted octanol–water partition coefficient (Wildman–Crippen LogP) is 3.30. The van der Waals surface area contributed by atoms with Crippen molar-refractivity contribution in [3.05, 3.63) is 0 Å². The number of nitrogens with one attached hydrogen (secondary N) is 1. The molecular weight excluding hydrogens is 234 g/mol. The number of nitrogens with zero attached hydrogens (tertiary/aromatic N) is 1. The average molecular weight is 269 g/mol. The fourth-order valence-electron chi connectivity index (χ4n) is 3.90. The van der Waals surface area contributed by atoms with Crippen LogP contribution in [-0.4, -0.2) is 30.6 Å². The third-order valence-corrected chi connectivity index (χ3v) is 5.13. The summed E-state index contributed by atoms with van der Waals surface area (Å²) in [5, 5.41) is 0. The van der Waals surface area contributed by atoms with Gasteiger partial charge in [0.05, 0.1) is 0 Å². The first-order chi connectivity index (χ1) is 9.06. The van der Waals surface area contributed by atoms with Crippen LogP contribution in [-0.2, 0) is 0 Å². The Morgan fingerprint density at radius 2 is 1.74 bits per heavy atom. The van der Waals surface area contributed by atoms with Crippen LogP contribution in [0.25, 0.3) is 0 Å². The second-order valence-electron chi connectivity index (χ2n) is 6.76. The molecule has 0 aromatic rings. The van der Waals surface area contributed by atoms with E-state index in [1.165, 1.54) is 57.8 Å². The van der Waals surface area contributed by atoms with Gasteiger partial charge in [0.15, 0.2) is 0 Å². The zero-order valence-corrected chi connectivity index (χ0v) is 13.5. The lowest BCUT2D eigenvalue weighted by Gasteiger charge is -2.46. The summed E-state index contributed by atoms with van der Waals surface area (Å²) in [6.45, 7) is 4.64. The fourth-order valence-corrected chi connectivity index (χ4v) is 3.90. The van der Waals surface area contributed by atoms with E-state index in [0.29, 0.717) is 6.04 Å². The average Bonchev–Trinajstić information content (AvgIpc) is 2.62. The van der Waals surface area contributed by atoms with Crippen LogP contribution in [0.5, 0.6) is 0 Å². The lowest BCUT2D eigenvalue weighted by molar-refractivity contribution is 0.0687. The summed E-state index contributed by atoms with van der Waals surface area (Å²) in [5.74, 6) is 6.70. The summed E-state index contributed by atoms with van der Waals surface area (Å²) in [6.07, 6.45) is 11.8. The van der Waals surface area contributed by atoms with E-state index in [-0.39, 0.29) is 5.54 Å². The molecule has 19 heavy (non-hydrogen) atoms. The Morgan fingerprint density at radius 1 is 1.16 bits per heavy atom. The maximum absolute atomic E-state index is 5.95. The number of hydrogen-bond donors (Lipinski definition) is 2. The molecule has 3 nitrogen and oxygen atoms in total. The van der Waals surface area contributed by atoms with Gasteiger partial charge in [-0.15, -0.1) is 0 Å². The van der Waals surface area contributed by atoms with Gasteiger partial charge in [0, 0.05) is 11.6 Å². The molecule has 0 aliphatic heterocycles. The Hall–Kier alpha value is -0.120. The summed E-state index contributed by atoms with van der Waals surface area (Å²) in [6, 6.07) is 0.419. The van der Waals surface area contributed by atoms with Gasteiger partial charge in [0.1, 0.15) is 0 Å². The van der Waals surface area contributed by atoms with E-state index in [4.69, 9.17) is 5.84 Å². The molecule has 3 N–H and O–H groups in total. The summed E-state index contributed by atoms with van der Waals surface area (Å²) in [5.41, 5.74) is 3.43. The summed E-state index contributed by atoms with van der Waals surface area (Å²) >= 11 is 0. The number of likely N-dealkylation sites (N-methyl/N-ethyl adjacent to an activating group) is 1. The Morgan fingerprint density at radius 3 is 2.16 bits per heavy atom. The van der Waals surface area contributed by atoms with Gasteiger partial charge in [-0.3, -0.25) is 11.3 Å². The van der Waals surface area contributed by atoms with Crippen molar-refractivity contribution in [2.24, 2.45) is 11.8 Å². The lowest BCUT2D eigenvalue weighted by Crippen LogP contribution is -2.61. The Labute approximate surface area is 120 Å². The summed E-state index contributed by atoms with van der Waals surface area (Å²) in [4.78, 5) is 2.45. The Balaban J connectivity index is 2.80. The first-order valence-electron chi connectivity index (χ1n) is 8.20. The van der Waals surface area contributed by atoms with E-state index < -0.39 is 0 Å². The zero-order valence-electron chi connectivity index (χ0n) is 13.5. The van der Waals surface area contributed by atoms with E-state index in [2.05, 4.69) is 38.3 Å². The van der Waals surface area contributed by atoms with E-state index >= 15 is 0 Å². The summed E-state index contributed by atoms with van der Waals surface area (Å²) < 4.78 is 0. The minimum absolute atomic E-state index is 0.257. The van der Waals surface area contributed by atoms with Crippen molar-refractivity contribution in [3.8, 4) is 0 Å². The topological polar surface area (TPSA) is 41.3 Å². The SMILES string of the molecule is CCCC(C)CC(NN)C1(N(C)C)CCCCCC1. The molecule has 114 valence electrons. The van der Waals surface area contributed by atoms with Gasteiger partial charge in [-0.25, -0.2) is 0 Å². The highest BCUT2D eigenvalue weighted by atomic mass is 15.3. The van der Waals surface area contributed by atoms with Crippen LogP contribution >= 0.6 is 0 Å². The second kappa shape index (κ2) is 8.23. The molecular formula is C16H35N3. The van der Waals surface area contributed by atoms with Crippen molar-refractivity contribution in [2.75, 3.05) is 14.1 Å². The molecule has 1 fully saturated rings. The van der Waals surface area contributed by atoms with Gasteiger partial charge in [0.2, 0.25) is 0 Å². The van der Waals surface area contributed by atoms with Gasteiger partial charge in [-0.2, -0.15) is 0 Å². The lowest BCUT2D eigenvalue weighted by atomic mass is 9.77. The van der Waals surface area contributed by atoms with Crippen LogP contribution in [0.4, 0.5) is 0 Å². The van der Waals surface area contributed by atoms with Crippen LogP contribution in [0.2, 0.25) is 0 Å². The molecule has 0 amide bonds. The number of hydrogen-bond acceptors (Lipinski definition) is 3. The normalized spacial score (nSPS) is 23.1. The molecule has 0 aromatic heterocycles. The van der Waals surface area contributed by atoms with Gasteiger partial charge >= 0.3 is 0 Å². The smallest absolute Gasteiger partial charge is 0.0397 e. The molecule has 1 aliphatic rings. The highest BCUT2D eigenvalue weighted by Gasteiger charge is 2.40. The molecule has 1 aliphatic carbocycles. The van der Waals surface area contributed by atoms with Crippen molar-refractivity contribution in [1.82, 2.24) is 10.3 Å². The molecule has 2 unspecified atom stereocenters. The predicted molar refractivity (Wildman–Crippen MR) is 83.9 cm³/mol. The molecule has 0 radical (unpaired) electrons. The van der Waals surface area contributed by atoms with E-state index in [1.807, 2.05) is 0 Å². The fraction of sp³-hybridized carbons (Fsp3) is 1.00. The van der Waals surface area contributed by atoms with Crippen molar-refractivity contribution in [1.29, 1.82) is 0 Å². The molecule has 3 heteroatoms. The maximum Gasteiger partial charge on any atom is 0.0397 e. The van der Waals surface area contributed by atoms with Gasteiger partial charge in [0.25, 0.3) is 0 Å². The highest BCUT2D eigenvalue weighted by Crippen LogP contribution is 2.36. The molecule has 2 atom stereocenters. The van der Waals surface area contributed by atoms with Crippen molar-refractivity contribution < 1.29 is 0 Å². The molecule has 1 saturated carbocycles. The standard InChI is InChI=1S/C16H35N3/c1-5-10-14(2)13-15(18-17)16(19(3)4)11-8-6-7-9-12-16/h14-15,18H,5-13,17H2,1-4H3. The number of rotatable bonds is 7. The summed E-state index contributed by atoms with van der Waals surface area (Å²) in [7, 11) is 4.47. The minimum atomic E-state index is 0.257. The van der Waals surface area contributed by atoms with Crippen LogP contribution in [0.15, 0.2) is 0 Å². The maximum atomic E-state index is 5.95. The quantitative estimate of drug-likeness (QED) is 0.423. The van der Waals surface area contributed by atoms with Gasteiger partial charge in [-0.1, -0.05) is 52.4 Å². The Bertz CT molecular complexity index is 232. The second-order valence-corrected chi connectivity index (χ2v) is 6.76. The molecule has 0 aromatic carbocycles. The van der Waals surface area contributed by atoms with Gasteiger partial charge in [-0.05, 0) is 39.3 Å². The monoisotopic (exact) mass is 269 g/mol. The number of hydrazine groups is 1. The third kappa shape index (κ3) is 4.44. The molecule has 0 spiro atoms. The van der Waals surface area contributed by atoms with Crippen molar-refractivity contribution >= 4 is 0 Å².